The molecule has 0 saturated carbocycles. The van der Waals surface area contributed by atoms with Crippen LogP contribution in [0.4, 0.5) is 17.3 Å². The lowest BCUT2D eigenvalue weighted by Crippen LogP contribution is -2.35. The number of carbonyl (C=O) groups is 1. The molecule has 1 aromatic heterocycles. The van der Waals surface area contributed by atoms with Crippen molar-refractivity contribution in [2.75, 3.05) is 29.5 Å². The minimum absolute atomic E-state index is 0.135. The first-order valence-corrected chi connectivity index (χ1v) is 5.59. The molecule has 0 saturated heterocycles. The highest BCUT2D eigenvalue weighted by Gasteiger charge is 2.11. The Labute approximate surface area is 101 Å². The molecule has 0 aliphatic heterocycles. The van der Waals surface area contributed by atoms with E-state index in [1.807, 2.05) is 4.90 Å². The van der Waals surface area contributed by atoms with Crippen molar-refractivity contribution in [2.45, 2.75) is 19.8 Å². The minimum atomic E-state index is -0.390. The fourth-order valence-electron chi connectivity index (χ4n) is 1.46. The van der Waals surface area contributed by atoms with Crippen LogP contribution in [0.15, 0.2) is 12.1 Å². The molecule has 0 aliphatic carbocycles. The summed E-state index contributed by atoms with van der Waals surface area (Å²) in [4.78, 5) is 17.0. The monoisotopic (exact) mass is 237 g/mol. The number of nitrogens with two attached hydrogens (primary N) is 3. The molecule has 0 fully saturated rings. The Balaban J connectivity index is 2.86. The van der Waals surface area contributed by atoms with Gasteiger partial charge < -0.3 is 22.1 Å². The normalized spacial score (nSPS) is 10.2. The number of unbranched alkanes of at least 4 members (excludes halogenated alkanes) is 1. The van der Waals surface area contributed by atoms with E-state index in [2.05, 4.69) is 11.9 Å². The van der Waals surface area contributed by atoms with E-state index in [0.29, 0.717) is 11.5 Å². The van der Waals surface area contributed by atoms with Crippen molar-refractivity contribution in [3.63, 3.8) is 0 Å². The van der Waals surface area contributed by atoms with Crippen molar-refractivity contribution < 1.29 is 4.79 Å². The van der Waals surface area contributed by atoms with Crippen molar-refractivity contribution in [3.8, 4) is 0 Å². The number of hydrogen-bond acceptors (Lipinski definition) is 5. The molecule has 0 unspecified atom stereocenters. The van der Waals surface area contributed by atoms with Crippen LogP contribution < -0.4 is 22.1 Å². The average molecular weight is 237 g/mol. The average Bonchev–Trinajstić information content (AvgIpc) is 2.27. The molecule has 0 radical (unpaired) electrons. The summed E-state index contributed by atoms with van der Waals surface area (Å²) in [6.07, 6.45) is 1.99. The van der Waals surface area contributed by atoms with Crippen molar-refractivity contribution in [1.82, 2.24) is 4.98 Å². The van der Waals surface area contributed by atoms with Crippen molar-refractivity contribution in [3.05, 3.63) is 12.1 Å². The molecule has 6 N–H and O–H groups in total. The van der Waals surface area contributed by atoms with Crippen LogP contribution in [0.5, 0.6) is 0 Å². The van der Waals surface area contributed by atoms with Crippen LogP contribution in [0.2, 0.25) is 0 Å². The predicted octanol–water partition coefficient (Wildman–Crippen LogP) is 0.338. The lowest BCUT2D eigenvalue weighted by molar-refractivity contribution is -0.116. The Morgan fingerprint density at radius 2 is 2.12 bits per heavy atom. The molecule has 1 rings (SSSR count). The van der Waals surface area contributed by atoms with Gasteiger partial charge in [0.1, 0.15) is 11.6 Å². The topological polar surface area (TPSA) is 111 Å². The van der Waals surface area contributed by atoms with Gasteiger partial charge in [0.05, 0.1) is 12.2 Å². The molecule has 0 aliphatic rings. The van der Waals surface area contributed by atoms with Crippen LogP contribution in [-0.4, -0.2) is 24.0 Å². The molecule has 17 heavy (non-hydrogen) atoms. The third-order valence-electron chi connectivity index (χ3n) is 2.40. The number of carbonyl (C=O) groups excluding carboxylic acids is 1. The molecule has 6 heteroatoms. The van der Waals surface area contributed by atoms with Gasteiger partial charge in [-0.1, -0.05) is 13.3 Å². The second-order valence-electron chi connectivity index (χ2n) is 3.89. The number of nitrogen functional groups attached to an aromatic ring is 2. The highest BCUT2D eigenvalue weighted by Crippen LogP contribution is 2.18. The summed E-state index contributed by atoms with van der Waals surface area (Å²) in [6, 6.07) is 3.42. The second kappa shape index (κ2) is 5.93. The Morgan fingerprint density at radius 3 is 2.65 bits per heavy atom. The van der Waals surface area contributed by atoms with E-state index in [0.717, 1.165) is 19.4 Å². The van der Waals surface area contributed by atoms with Crippen molar-refractivity contribution in [1.29, 1.82) is 0 Å². The third kappa shape index (κ3) is 3.82. The lowest BCUT2D eigenvalue weighted by Gasteiger charge is -2.22. The number of nitrogens with zero attached hydrogens (tertiary/aromatic N) is 2. The number of aromatic nitrogens is 1. The molecule has 0 atom stereocenters. The smallest absolute Gasteiger partial charge is 0.236 e. The maximum Gasteiger partial charge on any atom is 0.236 e. The van der Waals surface area contributed by atoms with Gasteiger partial charge in [-0.3, -0.25) is 4.79 Å². The molecule has 1 aromatic rings. The van der Waals surface area contributed by atoms with E-state index in [4.69, 9.17) is 17.2 Å². The van der Waals surface area contributed by atoms with Gasteiger partial charge in [0, 0.05) is 6.54 Å². The summed E-state index contributed by atoms with van der Waals surface area (Å²) in [5.74, 6) is 0.510. The molecule has 0 spiro atoms. The fourth-order valence-corrected chi connectivity index (χ4v) is 1.46. The Hall–Kier alpha value is -1.98. The SMILES string of the molecule is CCCCN(CC(N)=O)c1ccc(N)c(N)n1. The fraction of sp³-hybridized carbons (Fsp3) is 0.455. The third-order valence-corrected chi connectivity index (χ3v) is 2.40. The molecule has 1 heterocycles. The standard InChI is InChI=1S/C11H19N5O/c1-2-3-6-16(7-9(13)17)10-5-4-8(12)11(14)15-10/h4-5H,2-3,6-7,12H2,1H3,(H2,13,17)(H2,14,15). The summed E-state index contributed by atoms with van der Waals surface area (Å²) in [6.45, 7) is 2.93. The first-order chi connectivity index (χ1) is 8.04. The number of pyridine rings is 1. The zero-order valence-corrected chi connectivity index (χ0v) is 10.0. The van der Waals surface area contributed by atoms with Crippen LogP contribution in [0, 0.1) is 0 Å². The molecule has 6 nitrogen and oxygen atoms in total. The van der Waals surface area contributed by atoms with Gasteiger partial charge in [-0.15, -0.1) is 0 Å². The van der Waals surface area contributed by atoms with Crippen LogP contribution >= 0.6 is 0 Å². The summed E-state index contributed by atoms with van der Waals surface area (Å²) in [5.41, 5.74) is 16.9. The summed E-state index contributed by atoms with van der Waals surface area (Å²) < 4.78 is 0. The zero-order valence-electron chi connectivity index (χ0n) is 10.0. The molecule has 0 aromatic carbocycles. The Bertz CT molecular complexity index is 393. The first kappa shape index (κ1) is 13.1. The number of amides is 1. The first-order valence-electron chi connectivity index (χ1n) is 5.59. The molecular weight excluding hydrogens is 218 g/mol. The van der Waals surface area contributed by atoms with E-state index in [1.54, 1.807) is 12.1 Å². The summed E-state index contributed by atoms with van der Waals surface area (Å²) in [7, 11) is 0. The van der Waals surface area contributed by atoms with E-state index >= 15 is 0 Å². The molecule has 1 amide bonds. The van der Waals surface area contributed by atoms with Gasteiger partial charge in [-0.05, 0) is 18.6 Å². The predicted molar refractivity (Wildman–Crippen MR) is 69.4 cm³/mol. The number of anilines is 3. The second-order valence-corrected chi connectivity index (χ2v) is 3.89. The highest BCUT2D eigenvalue weighted by atomic mass is 16.1. The van der Waals surface area contributed by atoms with Crippen LogP contribution in [-0.2, 0) is 4.79 Å². The van der Waals surface area contributed by atoms with Crippen molar-refractivity contribution >= 4 is 23.2 Å². The van der Waals surface area contributed by atoms with E-state index in [1.165, 1.54) is 0 Å². The van der Waals surface area contributed by atoms with Gasteiger partial charge in [0.2, 0.25) is 5.91 Å². The summed E-state index contributed by atoms with van der Waals surface area (Å²) in [5, 5.41) is 0. The van der Waals surface area contributed by atoms with Crippen LogP contribution in [0.25, 0.3) is 0 Å². The molecule has 0 bridgehead atoms. The molecular formula is C11H19N5O. The number of hydrogen-bond donors (Lipinski definition) is 3. The van der Waals surface area contributed by atoms with Gasteiger partial charge >= 0.3 is 0 Å². The number of rotatable bonds is 6. The van der Waals surface area contributed by atoms with E-state index < -0.39 is 5.91 Å². The lowest BCUT2D eigenvalue weighted by atomic mass is 10.3. The quantitative estimate of drug-likeness (QED) is 0.660. The Morgan fingerprint density at radius 1 is 1.41 bits per heavy atom. The van der Waals surface area contributed by atoms with E-state index in [-0.39, 0.29) is 12.4 Å². The van der Waals surface area contributed by atoms with Gasteiger partial charge in [-0.2, -0.15) is 0 Å². The zero-order chi connectivity index (χ0) is 12.8. The largest absolute Gasteiger partial charge is 0.396 e. The van der Waals surface area contributed by atoms with E-state index in [9.17, 15) is 4.79 Å². The summed E-state index contributed by atoms with van der Waals surface area (Å²) >= 11 is 0. The Kier molecular flexibility index (Phi) is 4.56. The molecule has 94 valence electrons. The van der Waals surface area contributed by atoms with Crippen LogP contribution in [0.3, 0.4) is 0 Å². The van der Waals surface area contributed by atoms with Gasteiger partial charge in [0.25, 0.3) is 0 Å². The minimum Gasteiger partial charge on any atom is -0.396 e. The number of primary amides is 1. The van der Waals surface area contributed by atoms with Gasteiger partial charge in [-0.25, -0.2) is 4.98 Å². The highest BCUT2D eigenvalue weighted by molar-refractivity contribution is 5.79. The maximum absolute atomic E-state index is 11.0. The van der Waals surface area contributed by atoms with Crippen molar-refractivity contribution in [2.24, 2.45) is 5.73 Å². The van der Waals surface area contributed by atoms with Gasteiger partial charge in [0.15, 0.2) is 0 Å². The maximum atomic E-state index is 11.0. The van der Waals surface area contributed by atoms with Crippen LogP contribution in [0.1, 0.15) is 19.8 Å².